The van der Waals surface area contributed by atoms with Crippen LogP contribution in [-0.2, 0) is 17.8 Å². The van der Waals surface area contributed by atoms with Gasteiger partial charge in [0.1, 0.15) is 11.4 Å². The summed E-state index contributed by atoms with van der Waals surface area (Å²) in [5.74, 6) is 0.337. The molecule has 1 heterocycles. The molecule has 0 saturated heterocycles. The predicted molar refractivity (Wildman–Crippen MR) is 129 cm³/mol. The van der Waals surface area contributed by atoms with E-state index >= 15 is 0 Å². The van der Waals surface area contributed by atoms with Gasteiger partial charge in [-0.1, -0.05) is 23.7 Å². The number of carbonyl (C=O) groups is 2. The quantitative estimate of drug-likeness (QED) is 0.414. The van der Waals surface area contributed by atoms with Crippen molar-refractivity contribution in [2.45, 2.75) is 33.9 Å². The fourth-order valence-electron chi connectivity index (χ4n) is 3.51. The Bertz CT molecular complexity index is 1110. The van der Waals surface area contributed by atoms with Crippen molar-refractivity contribution in [3.05, 3.63) is 81.6 Å². The average molecular weight is 470 g/mol. The lowest BCUT2D eigenvalue weighted by molar-refractivity contribution is 0.0519. The van der Waals surface area contributed by atoms with Crippen LogP contribution in [0, 0.1) is 13.8 Å². The zero-order chi connectivity index (χ0) is 24.0. The molecular weight excluding hydrogens is 442 g/mol. The molecule has 174 valence electrons. The van der Waals surface area contributed by atoms with Gasteiger partial charge >= 0.3 is 12.0 Å². The average Bonchev–Trinajstić information content (AvgIpc) is 3.09. The lowest BCUT2D eigenvalue weighted by Gasteiger charge is -2.24. The first-order valence-corrected chi connectivity index (χ1v) is 11.0. The monoisotopic (exact) mass is 469 g/mol. The molecule has 0 fully saturated rings. The molecule has 0 atom stereocenters. The second kappa shape index (κ2) is 10.9. The molecule has 0 aliphatic heterocycles. The standard InChI is InChI=1S/C25H28ClN3O4/c1-5-33-24(30)23-16(2)22(17(3)27-23)15-29(14-18-6-12-21(32-4)13-7-18)25(31)28-20-10-8-19(26)9-11-20/h6-13,27H,5,14-15H2,1-4H3,(H,28,31). The molecule has 0 unspecified atom stereocenters. The van der Waals surface area contributed by atoms with Gasteiger partial charge in [-0.05, 0) is 73.9 Å². The number of carbonyl (C=O) groups excluding carboxylic acids is 2. The summed E-state index contributed by atoms with van der Waals surface area (Å²) >= 11 is 5.96. The second-order valence-electron chi connectivity index (χ2n) is 7.59. The van der Waals surface area contributed by atoms with E-state index in [1.165, 1.54) is 0 Å². The molecule has 0 radical (unpaired) electrons. The Kier molecular flexibility index (Phi) is 8.01. The van der Waals surface area contributed by atoms with E-state index in [1.54, 1.807) is 43.2 Å². The Morgan fingerprint density at radius 2 is 1.70 bits per heavy atom. The number of esters is 1. The largest absolute Gasteiger partial charge is 0.497 e. The van der Waals surface area contributed by atoms with Crippen LogP contribution in [0.15, 0.2) is 48.5 Å². The SMILES string of the molecule is CCOC(=O)c1[nH]c(C)c(CN(Cc2ccc(OC)cc2)C(=O)Nc2ccc(Cl)cc2)c1C. The fourth-order valence-corrected chi connectivity index (χ4v) is 3.64. The molecule has 0 aliphatic carbocycles. The Morgan fingerprint density at radius 1 is 1.03 bits per heavy atom. The molecule has 0 bridgehead atoms. The van der Waals surface area contributed by atoms with Gasteiger partial charge in [0.05, 0.1) is 13.7 Å². The number of anilines is 1. The third-order valence-corrected chi connectivity index (χ3v) is 5.59. The first-order valence-electron chi connectivity index (χ1n) is 10.6. The number of methoxy groups -OCH3 is 1. The van der Waals surface area contributed by atoms with Crippen LogP contribution < -0.4 is 10.1 Å². The number of rotatable bonds is 8. The smallest absolute Gasteiger partial charge is 0.355 e. The number of aromatic amines is 1. The Morgan fingerprint density at radius 3 is 2.30 bits per heavy atom. The summed E-state index contributed by atoms with van der Waals surface area (Å²) in [7, 11) is 1.61. The molecule has 8 heteroatoms. The molecule has 7 nitrogen and oxygen atoms in total. The number of urea groups is 1. The van der Waals surface area contributed by atoms with Crippen LogP contribution in [0.25, 0.3) is 0 Å². The molecule has 3 aromatic rings. The van der Waals surface area contributed by atoms with E-state index in [2.05, 4.69) is 10.3 Å². The maximum Gasteiger partial charge on any atom is 0.355 e. The highest BCUT2D eigenvalue weighted by Gasteiger charge is 2.22. The third-order valence-electron chi connectivity index (χ3n) is 5.34. The minimum absolute atomic E-state index is 0.272. The van der Waals surface area contributed by atoms with Crippen LogP contribution in [0.5, 0.6) is 5.75 Å². The van der Waals surface area contributed by atoms with E-state index in [1.807, 2.05) is 38.1 Å². The lowest BCUT2D eigenvalue weighted by atomic mass is 10.1. The first-order chi connectivity index (χ1) is 15.8. The van der Waals surface area contributed by atoms with E-state index in [0.29, 0.717) is 36.1 Å². The van der Waals surface area contributed by atoms with Gasteiger partial charge in [0, 0.05) is 29.5 Å². The molecule has 2 amide bonds. The Balaban J connectivity index is 1.88. The van der Waals surface area contributed by atoms with Crippen molar-refractivity contribution in [1.82, 2.24) is 9.88 Å². The van der Waals surface area contributed by atoms with Gasteiger partial charge in [-0.3, -0.25) is 0 Å². The van der Waals surface area contributed by atoms with E-state index < -0.39 is 5.97 Å². The molecule has 2 aromatic carbocycles. The Hall–Kier alpha value is -3.45. The van der Waals surface area contributed by atoms with Crippen molar-refractivity contribution in [3.63, 3.8) is 0 Å². The van der Waals surface area contributed by atoms with Crippen molar-refractivity contribution >= 4 is 29.3 Å². The normalized spacial score (nSPS) is 10.6. The van der Waals surface area contributed by atoms with Gasteiger partial charge in [0.25, 0.3) is 0 Å². The number of nitrogens with one attached hydrogen (secondary N) is 2. The molecule has 0 spiro atoms. The van der Waals surface area contributed by atoms with Crippen molar-refractivity contribution in [2.24, 2.45) is 0 Å². The number of hydrogen-bond acceptors (Lipinski definition) is 4. The molecule has 3 rings (SSSR count). The van der Waals surface area contributed by atoms with E-state index in [-0.39, 0.29) is 6.03 Å². The van der Waals surface area contributed by atoms with E-state index in [4.69, 9.17) is 21.1 Å². The maximum atomic E-state index is 13.3. The number of H-pyrrole nitrogens is 1. The highest BCUT2D eigenvalue weighted by Crippen LogP contribution is 2.23. The summed E-state index contributed by atoms with van der Waals surface area (Å²) < 4.78 is 10.4. The van der Waals surface area contributed by atoms with Crippen LogP contribution in [0.4, 0.5) is 10.5 Å². The molecule has 0 aliphatic rings. The van der Waals surface area contributed by atoms with Crippen LogP contribution >= 0.6 is 11.6 Å². The predicted octanol–water partition coefficient (Wildman–Crippen LogP) is 5.70. The summed E-state index contributed by atoms with van der Waals surface area (Å²) in [6, 6.07) is 14.2. The minimum atomic E-state index is -0.406. The topological polar surface area (TPSA) is 83.7 Å². The molecule has 0 saturated carbocycles. The molecule has 33 heavy (non-hydrogen) atoms. The number of aromatic nitrogens is 1. The summed E-state index contributed by atoms with van der Waals surface area (Å²) in [5.41, 5.74) is 4.45. The summed E-state index contributed by atoms with van der Waals surface area (Å²) in [6.45, 7) is 6.46. The number of aryl methyl sites for hydroxylation is 1. The highest BCUT2D eigenvalue weighted by molar-refractivity contribution is 6.30. The minimum Gasteiger partial charge on any atom is -0.497 e. The van der Waals surface area contributed by atoms with Gasteiger partial charge in [-0.25, -0.2) is 9.59 Å². The number of halogens is 1. The first kappa shape index (κ1) is 24.2. The second-order valence-corrected chi connectivity index (χ2v) is 8.03. The molecule has 1 aromatic heterocycles. The summed E-state index contributed by atoms with van der Waals surface area (Å²) in [6.07, 6.45) is 0. The van der Waals surface area contributed by atoms with Gasteiger partial charge in [0.15, 0.2) is 0 Å². The molecule has 2 N–H and O–H groups in total. The van der Waals surface area contributed by atoms with E-state index in [0.717, 1.165) is 28.1 Å². The van der Waals surface area contributed by atoms with Crippen LogP contribution in [0.3, 0.4) is 0 Å². The van der Waals surface area contributed by atoms with E-state index in [9.17, 15) is 9.59 Å². The van der Waals surface area contributed by atoms with Crippen LogP contribution in [-0.4, -0.2) is 35.6 Å². The molecular formula is C25H28ClN3O4. The number of hydrogen-bond donors (Lipinski definition) is 2. The van der Waals surface area contributed by atoms with Crippen molar-refractivity contribution in [2.75, 3.05) is 19.0 Å². The zero-order valence-corrected chi connectivity index (χ0v) is 20.0. The summed E-state index contributed by atoms with van der Waals surface area (Å²) in [4.78, 5) is 30.4. The van der Waals surface area contributed by atoms with Gasteiger partial charge in [-0.2, -0.15) is 0 Å². The van der Waals surface area contributed by atoms with Crippen molar-refractivity contribution in [3.8, 4) is 5.75 Å². The van der Waals surface area contributed by atoms with Crippen LogP contribution in [0.2, 0.25) is 5.02 Å². The van der Waals surface area contributed by atoms with Crippen LogP contribution in [0.1, 0.15) is 39.8 Å². The lowest BCUT2D eigenvalue weighted by Crippen LogP contribution is -2.34. The summed E-state index contributed by atoms with van der Waals surface area (Å²) in [5, 5.41) is 3.51. The number of ether oxygens (including phenoxy) is 2. The number of nitrogens with zero attached hydrogens (tertiary/aromatic N) is 1. The van der Waals surface area contributed by atoms with Gasteiger partial charge in [0.2, 0.25) is 0 Å². The van der Waals surface area contributed by atoms with Crippen molar-refractivity contribution < 1.29 is 19.1 Å². The number of benzene rings is 2. The Labute approximate surface area is 198 Å². The van der Waals surface area contributed by atoms with Gasteiger partial charge in [-0.15, -0.1) is 0 Å². The zero-order valence-electron chi connectivity index (χ0n) is 19.2. The van der Waals surface area contributed by atoms with Gasteiger partial charge < -0.3 is 24.7 Å². The number of amides is 2. The van der Waals surface area contributed by atoms with Crippen molar-refractivity contribution in [1.29, 1.82) is 0 Å². The fraction of sp³-hybridized carbons (Fsp3) is 0.280. The maximum absolute atomic E-state index is 13.3. The highest BCUT2D eigenvalue weighted by atomic mass is 35.5. The third kappa shape index (κ3) is 6.08.